The van der Waals surface area contributed by atoms with Gasteiger partial charge in [-0.1, -0.05) is 29.4 Å². The fourth-order valence-corrected chi connectivity index (χ4v) is 2.94. The summed E-state index contributed by atoms with van der Waals surface area (Å²) in [5.41, 5.74) is 7.89. The number of aromatic nitrogens is 2. The molecule has 1 saturated carbocycles. The van der Waals surface area contributed by atoms with Gasteiger partial charge in [0, 0.05) is 17.8 Å². The van der Waals surface area contributed by atoms with Gasteiger partial charge in [0.15, 0.2) is 5.82 Å². The van der Waals surface area contributed by atoms with Crippen molar-refractivity contribution in [2.75, 3.05) is 17.7 Å². The summed E-state index contributed by atoms with van der Waals surface area (Å²) in [6.07, 6.45) is 3.42. The number of rotatable bonds is 6. The number of carbonyl (C=O) groups excluding carboxylic acids is 1. The van der Waals surface area contributed by atoms with Gasteiger partial charge in [0.05, 0.1) is 11.8 Å². The average Bonchev–Trinajstić information content (AvgIpc) is 3.35. The SMILES string of the molecule is Nc1ccc(-c2ccc(CC(=O)Nc3cc(C4(CF)CC4)on3)cc2)cn1. The molecule has 3 N–H and O–H groups in total. The highest BCUT2D eigenvalue weighted by atomic mass is 19.1. The summed E-state index contributed by atoms with van der Waals surface area (Å²) < 4.78 is 18.3. The number of carbonyl (C=O) groups is 1. The molecule has 4 rings (SSSR count). The minimum absolute atomic E-state index is 0.205. The predicted octanol–water partition coefficient (Wildman–Crippen LogP) is 3.50. The third-order valence-electron chi connectivity index (χ3n) is 4.85. The lowest BCUT2D eigenvalue weighted by Gasteiger charge is -2.05. The molecule has 3 aromatic rings. The summed E-state index contributed by atoms with van der Waals surface area (Å²) in [5.74, 6) is 1.09. The lowest BCUT2D eigenvalue weighted by Crippen LogP contribution is -2.14. The highest BCUT2D eigenvalue weighted by Crippen LogP contribution is 2.48. The van der Waals surface area contributed by atoms with Crippen LogP contribution in [0.5, 0.6) is 0 Å². The number of hydrogen-bond donors (Lipinski definition) is 2. The molecule has 1 aromatic carbocycles. The molecule has 0 spiro atoms. The van der Waals surface area contributed by atoms with Crippen LogP contribution in [0.15, 0.2) is 53.2 Å². The van der Waals surface area contributed by atoms with Crippen molar-refractivity contribution in [1.29, 1.82) is 0 Å². The first-order valence-corrected chi connectivity index (χ1v) is 8.72. The highest BCUT2D eigenvalue weighted by Gasteiger charge is 2.48. The Kier molecular flexibility index (Phi) is 4.35. The highest BCUT2D eigenvalue weighted by molar-refractivity contribution is 5.91. The third kappa shape index (κ3) is 3.67. The second-order valence-corrected chi connectivity index (χ2v) is 6.88. The summed E-state index contributed by atoms with van der Waals surface area (Å²) in [4.78, 5) is 16.3. The van der Waals surface area contributed by atoms with Gasteiger partial charge in [-0.3, -0.25) is 4.79 Å². The molecule has 0 aliphatic heterocycles. The first-order valence-electron chi connectivity index (χ1n) is 8.72. The van der Waals surface area contributed by atoms with E-state index in [-0.39, 0.29) is 12.3 Å². The second-order valence-electron chi connectivity index (χ2n) is 6.88. The zero-order chi connectivity index (χ0) is 18.9. The van der Waals surface area contributed by atoms with Crippen LogP contribution in [0.4, 0.5) is 16.0 Å². The maximum Gasteiger partial charge on any atom is 0.230 e. The molecule has 6 nitrogen and oxygen atoms in total. The number of halogens is 1. The Bertz CT molecular complexity index is 947. The van der Waals surface area contributed by atoms with E-state index in [1.54, 1.807) is 18.3 Å². The van der Waals surface area contributed by atoms with E-state index in [1.165, 1.54) is 0 Å². The van der Waals surface area contributed by atoms with Crippen molar-refractivity contribution < 1.29 is 13.7 Å². The fourth-order valence-electron chi connectivity index (χ4n) is 2.94. The first kappa shape index (κ1) is 17.2. The van der Waals surface area contributed by atoms with Gasteiger partial charge in [-0.15, -0.1) is 0 Å². The van der Waals surface area contributed by atoms with Crippen LogP contribution in [0.1, 0.15) is 24.2 Å². The summed E-state index contributed by atoms with van der Waals surface area (Å²) in [6.45, 7) is -0.467. The molecule has 0 atom stereocenters. The van der Waals surface area contributed by atoms with Gasteiger partial charge >= 0.3 is 0 Å². The van der Waals surface area contributed by atoms with Gasteiger partial charge in [-0.25, -0.2) is 9.37 Å². The van der Waals surface area contributed by atoms with E-state index in [4.69, 9.17) is 10.3 Å². The fraction of sp³-hybridized carbons (Fsp3) is 0.250. The second kappa shape index (κ2) is 6.83. The van der Waals surface area contributed by atoms with Crippen LogP contribution in [-0.2, 0) is 16.6 Å². The number of benzene rings is 1. The van der Waals surface area contributed by atoms with Crippen molar-refractivity contribution in [2.45, 2.75) is 24.7 Å². The molecule has 2 aromatic heterocycles. The van der Waals surface area contributed by atoms with Gasteiger partial charge < -0.3 is 15.6 Å². The van der Waals surface area contributed by atoms with Crippen molar-refractivity contribution in [1.82, 2.24) is 10.1 Å². The molecule has 2 heterocycles. The maximum absolute atomic E-state index is 13.1. The number of amides is 1. The number of pyridine rings is 1. The topological polar surface area (TPSA) is 94.0 Å². The Labute approximate surface area is 155 Å². The largest absolute Gasteiger partial charge is 0.384 e. The Hall–Kier alpha value is -3.22. The number of alkyl halides is 1. The van der Waals surface area contributed by atoms with Crippen LogP contribution in [-0.4, -0.2) is 22.7 Å². The number of nitrogens with zero attached hydrogens (tertiary/aromatic N) is 2. The average molecular weight is 366 g/mol. The van der Waals surface area contributed by atoms with E-state index in [2.05, 4.69) is 15.5 Å². The number of nitrogens with two attached hydrogens (primary N) is 1. The monoisotopic (exact) mass is 366 g/mol. The molecule has 0 unspecified atom stereocenters. The van der Waals surface area contributed by atoms with Gasteiger partial charge in [0.1, 0.15) is 18.3 Å². The van der Waals surface area contributed by atoms with E-state index < -0.39 is 12.1 Å². The molecule has 1 fully saturated rings. The Morgan fingerprint density at radius 3 is 2.56 bits per heavy atom. The Morgan fingerprint density at radius 2 is 1.93 bits per heavy atom. The van der Waals surface area contributed by atoms with E-state index in [0.29, 0.717) is 17.4 Å². The van der Waals surface area contributed by atoms with Gasteiger partial charge in [0.2, 0.25) is 5.91 Å². The summed E-state index contributed by atoms with van der Waals surface area (Å²) >= 11 is 0. The lowest BCUT2D eigenvalue weighted by molar-refractivity contribution is -0.115. The quantitative estimate of drug-likeness (QED) is 0.696. The summed E-state index contributed by atoms with van der Waals surface area (Å²) in [5, 5.41) is 6.52. The molecule has 27 heavy (non-hydrogen) atoms. The molecule has 0 bridgehead atoms. The van der Waals surface area contributed by atoms with E-state index in [9.17, 15) is 9.18 Å². The predicted molar refractivity (Wildman–Crippen MR) is 99.8 cm³/mol. The number of nitrogen functional groups attached to an aromatic ring is 1. The van der Waals surface area contributed by atoms with E-state index in [0.717, 1.165) is 29.5 Å². The standard InChI is InChI=1S/C20H19FN4O2/c21-12-20(7-8-20)16-10-18(25-27-16)24-19(26)9-13-1-3-14(4-2-13)15-5-6-17(22)23-11-15/h1-6,10-11H,7-9,12H2,(H2,22,23)(H,24,25,26). The minimum Gasteiger partial charge on any atom is -0.384 e. The zero-order valence-corrected chi connectivity index (χ0v) is 14.6. The summed E-state index contributed by atoms with van der Waals surface area (Å²) in [7, 11) is 0. The number of hydrogen-bond acceptors (Lipinski definition) is 5. The molecule has 0 saturated heterocycles. The van der Waals surface area contributed by atoms with Crippen molar-refractivity contribution >= 4 is 17.5 Å². The smallest absolute Gasteiger partial charge is 0.230 e. The van der Waals surface area contributed by atoms with Gasteiger partial charge in [-0.05, 0) is 36.1 Å². The normalized spacial score (nSPS) is 14.7. The van der Waals surface area contributed by atoms with E-state index in [1.807, 2.05) is 30.3 Å². The zero-order valence-electron chi connectivity index (χ0n) is 14.6. The lowest BCUT2D eigenvalue weighted by atomic mass is 10.0. The van der Waals surface area contributed by atoms with Crippen LogP contribution >= 0.6 is 0 Å². The Balaban J connectivity index is 1.37. The molecular formula is C20H19FN4O2. The minimum atomic E-state index is -0.525. The van der Waals surface area contributed by atoms with Crippen molar-refractivity contribution in [3.63, 3.8) is 0 Å². The van der Waals surface area contributed by atoms with Crippen LogP contribution in [0.3, 0.4) is 0 Å². The number of nitrogens with one attached hydrogen (secondary N) is 1. The molecule has 0 radical (unpaired) electrons. The van der Waals surface area contributed by atoms with Crippen molar-refractivity contribution in [3.05, 3.63) is 60.0 Å². The van der Waals surface area contributed by atoms with Crippen LogP contribution < -0.4 is 11.1 Å². The van der Waals surface area contributed by atoms with Crippen molar-refractivity contribution in [2.24, 2.45) is 0 Å². The number of anilines is 2. The summed E-state index contributed by atoms with van der Waals surface area (Å²) in [6, 6.07) is 12.9. The molecule has 1 aliphatic carbocycles. The maximum atomic E-state index is 13.1. The van der Waals surface area contributed by atoms with Crippen molar-refractivity contribution in [3.8, 4) is 11.1 Å². The molecular weight excluding hydrogens is 347 g/mol. The molecule has 7 heteroatoms. The molecule has 1 amide bonds. The first-order chi connectivity index (χ1) is 13.1. The molecule has 138 valence electrons. The molecule has 1 aliphatic rings. The Morgan fingerprint density at radius 1 is 1.19 bits per heavy atom. The van der Waals surface area contributed by atoms with Crippen LogP contribution in [0.25, 0.3) is 11.1 Å². The third-order valence-corrected chi connectivity index (χ3v) is 4.85. The van der Waals surface area contributed by atoms with Crippen LogP contribution in [0, 0.1) is 0 Å². The van der Waals surface area contributed by atoms with Crippen LogP contribution in [0.2, 0.25) is 0 Å². The van der Waals surface area contributed by atoms with E-state index >= 15 is 0 Å². The van der Waals surface area contributed by atoms with Gasteiger partial charge in [-0.2, -0.15) is 0 Å². The van der Waals surface area contributed by atoms with Gasteiger partial charge in [0.25, 0.3) is 0 Å².